The van der Waals surface area contributed by atoms with E-state index in [1.165, 1.54) is 0 Å². The van der Waals surface area contributed by atoms with E-state index >= 15 is 0 Å². The Morgan fingerprint density at radius 1 is 1.26 bits per heavy atom. The molecule has 122 valence electrons. The van der Waals surface area contributed by atoms with Crippen LogP contribution in [0.4, 0.5) is 5.69 Å². The molecular formula is C17H19ClN2O3. The van der Waals surface area contributed by atoms with E-state index in [9.17, 15) is 14.8 Å². The van der Waals surface area contributed by atoms with Gasteiger partial charge in [-0.2, -0.15) is 0 Å². The minimum Gasteiger partial charge on any atom is -0.411 e. The molecule has 2 unspecified atom stereocenters. The van der Waals surface area contributed by atoms with Gasteiger partial charge in [0.1, 0.15) is 11.1 Å². The molecule has 23 heavy (non-hydrogen) atoms. The number of fused-ring (bicyclic) bond motifs is 2. The van der Waals surface area contributed by atoms with Crippen molar-refractivity contribution in [3.8, 4) is 0 Å². The van der Waals surface area contributed by atoms with Gasteiger partial charge in [0.05, 0.1) is 10.7 Å². The minimum atomic E-state index is -1.23. The number of hydrogen-bond donors (Lipinski definition) is 2. The van der Waals surface area contributed by atoms with Crippen LogP contribution < -0.4 is 5.32 Å². The van der Waals surface area contributed by atoms with Gasteiger partial charge < -0.3 is 10.5 Å². The van der Waals surface area contributed by atoms with Crippen molar-refractivity contribution in [3.63, 3.8) is 0 Å². The fourth-order valence-electron chi connectivity index (χ4n) is 4.25. The van der Waals surface area contributed by atoms with Gasteiger partial charge in [0.25, 0.3) is 0 Å². The van der Waals surface area contributed by atoms with Gasteiger partial charge in [0, 0.05) is 5.41 Å². The Morgan fingerprint density at radius 3 is 2.48 bits per heavy atom. The molecule has 2 atom stereocenters. The van der Waals surface area contributed by atoms with Crippen molar-refractivity contribution in [1.29, 1.82) is 0 Å². The lowest BCUT2D eigenvalue weighted by molar-refractivity contribution is -0.140. The second-order valence-corrected chi connectivity index (χ2v) is 7.48. The average Bonchev–Trinajstić information content (AvgIpc) is 2.77. The first-order valence-corrected chi connectivity index (χ1v) is 7.93. The van der Waals surface area contributed by atoms with E-state index in [-0.39, 0.29) is 17.4 Å². The number of carbonyl (C=O) groups is 2. The van der Waals surface area contributed by atoms with Crippen LogP contribution in [0.5, 0.6) is 0 Å². The molecule has 2 bridgehead atoms. The maximum absolute atomic E-state index is 13.0. The predicted molar refractivity (Wildman–Crippen MR) is 87.9 cm³/mol. The maximum Gasteiger partial charge on any atom is 0.239 e. The van der Waals surface area contributed by atoms with Crippen molar-refractivity contribution in [3.05, 3.63) is 29.3 Å². The van der Waals surface area contributed by atoms with Crippen molar-refractivity contribution in [2.24, 2.45) is 21.4 Å². The summed E-state index contributed by atoms with van der Waals surface area (Å²) in [5.41, 5.74) is -1.92. The van der Waals surface area contributed by atoms with Gasteiger partial charge in [-0.05, 0) is 30.4 Å². The molecule has 0 saturated heterocycles. The number of hydrogen-bond acceptors (Lipinski definition) is 4. The van der Waals surface area contributed by atoms with Crippen LogP contribution in [0, 0.1) is 16.2 Å². The van der Waals surface area contributed by atoms with Crippen molar-refractivity contribution >= 4 is 34.7 Å². The summed E-state index contributed by atoms with van der Waals surface area (Å²) in [6, 6.07) is 6.90. The van der Waals surface area contributed by atoms with Gasteiger partial charge in [-0.1, -0.05) is 49.7 Å². The van der Waals surface area contributed by atoms with Crippen molar-refractivity contribution in [2.45, 2.75) is 33.6 Å². The number of rotatable bonds is 2. The Bertz CT molecular complexity index is 743. The summed E-state index contributed by atoms with van der Waals surface area (Å²) in [5.74, 6) is -0.772. The van der Waals surface area contributed by atoms with Crippen LogP contribution in [0.15, 0.2) is 29.4 Å². The molecule has 2 aliphatic rings. The van der Waals surface area contributed by atoms with Gasteiger partial charge in [-0.3, -0.25) is 9.59 Å². The number of ketones is 1. The maximum atomic E-state index is 13.0. The van der Waals surface area contributed by atoms with Gasteiger partial charge in [-0.25, -0.2) is 0 Å². The lowest BCUT2D eigenvalue weighted by Gasteiger charge is -2.37. The first kappa shape index (κ1) is 16.0. The molecule has 6 heteroatoms. The number of para-hydroxylation sites is 1. The first-order chi connectivity index (χ1) is 10.7. The molecule has 1 amide bonds. The molecule has 2 saturated carbocycles. The van der Waals surface area contributed by atoms with Crippen LogP contribution in [0.1, 0.15) is 33.6 Å². The Balaban J connectivity index is 2.06. The van der Waals surface area contributed by atoms with Crippen molar-refractivity contribution in [2.75, 3.05) is 5.32 Å². The summed E-state index contributed by atoms with van der Waals surface area (Å²) in [4.78, 5) is 25.9. The summed E-state index contributed by atoms with van der Waals surface area (Å²) in [5, 5.41) is 15.7. The Morgan fingerprint density at radius 2 is 1.91 bits per heavy atom. The van der Waals surface area contributed by atoms with Crippen molar-refractivity contribution < 1.29 is 14.8 Å². The van der Waals surface area contributed by atoms with E-state index in [1.807, 2.05) is 20.8 Å². The number of anilines is 1. The highest BCUT2D eigenvalue weighted by Crippen LogP contribution is 2.69. The highest BCUT2D eigenvalue weighted by atomic mass is 35.5. The van der Waals surface area contributed by atoms with E-state index in [0.29, 0.717) is 23.6 Å². The number of Topliss-reactive ketones (excluding diaryl/α,β-unsaturated/α-hetero) is 1. The van der Waals surface area contributed by atoms with E-state index in [1.54, 1.807) is 24.3 Å². The number of amides is 1. The molecule has 0 heterocycles. The molecule has 3 rings (SSSR count). The molecular weight excluding hydrogens is 316 g/mol. The third-order valence-corrected chi connectivity index (χ3v) is 6.51. The Hall–Kier alpha value is -1.88. The van der Waals surface area contributed by atoms with E-state index < -0.39 is 16.2 Å². The number of nitrogens with one attached hydrogen (secondary N) is 1. The number of carbonyl (C=O) groups excluding carboxylic acids is 2. The molecule has 0 spiro atoms. The highest BCUT2D eigenvalue weighted by molar-refractivity contribution is 6.51. The fraction of sp³-hybridized carbons (Fsp3) is 0.471. The number of halogens is 1. The van der Waals surface area contributed by atoms with Crippen LogP contribution in [-0.2, 0) is 9.59 Å². The molecule has 1 aromatic rings. The summed E-state index contributed by atoms with van der Waals surface area (Å²) in [6.45, 7) is 5.67. The van der Waals surface area contributed by atoms with Crippen LogP contribution in [-0.4, -0.2) is 22.6 Å². The fourth-order valence-corrected chi connectivity index (χ4v) is 4.43. The molecule has 2 aliphatic carbocycles. The van der Waals surface area contributed by atoms with Crippen LogP contribution in [0.3, 0.4) is 0 Å². The second kappa shape index (κ2) is 4.81. The van der Waals surface area contributed by atoms with Gasteiger partial charge in [-0.15, -0.1) is 0 Å². The highest BCUT2D eigenvalue weighted by Gasteiger charge is 2.76. The second-order valence-electron chi connectivity index (χ2n) is 7.07. The quantitative estimate of drug-likeness (QED) is 0.493. The lowest BCUT2D eigenvalue weighted by atomic mass is 9.64. The molecule has 1 aromatic carbocycles. The summed E-state index contributed by atoms with van der Waals surface area (Å²) >= 11 is 6.10. The summed E-state index contributed by atoms with van der Waals surface area (Å²) in [6.07, 6.45) is 1.06. The van der Waals surface area contributed by atoms with Crippen LogP contribution in [0.2, 0.25) is 5.02 Å². The van der Waals surface area contributed by atoms with E-state index in [4.69, 9.17) is 11.6 Å². The zero-order valence-corrected chi connectivity index (χ0v) is 14.1. The molecule has 0 aromatic heterocycles. The van der Waals surface area contributed by atoms with E-state index in [2.05, 4.69) is 10.5 Å². The standard InChI is InChI=1S/C17H19ClN2O3/c1-15(2)16(3)8-9-17(15,13(21)12(16)20-23)14(22)19-11-7-5-4-6-10(11)18/h4-7,23H,8-9H2,1-3H3,(H,19,22). The SMILES string of the molecule is CC12CCC(C(=O)Nc3ccccc3Cl)(C(=O)C1=NO)C2(C)C. The third kappa shape index (κ3) is 1.71. The van der Waals surface area contributed by atoms with Crippen LogP contribution in [0.25, 0.3) is 0 Å². The molecule has 2 N–H and O–H groups in total. The monoisotopic (exact) mass is 334 g/mol. The molecule has 2 fully saturated rings. The lowest BCUT2D eigenvalue weighted by Crippen LogP contribution is -2.47. The summed E-state index contributed by atoms with van der Waals surface area (Å²) < 4.78 is 0. The number of oxime groups is 1. The Kier molecular flexibility index (Phi) is 3.34. The molecule has 5 nitrogen and oxygen atoms in total. The van der Waals surface area contributed by atoms with Crippen LogP contribution >= 0.6 is 11.6 Å². The zero-order valence-electron chi connectivity index (χ0n) is 13.3. The minimum absolute atomic E-state index is 0.100. The number of nitrogens with zero attached hydrogens (tertiary/aromatic N) is 1. The first-order valence-electron chi connectivity index (χ1n) is 7.56. The smallest absolute Gasteiger partial charge is 0.239 e. The van der Waals surface area contributed by atoms with E-state index in [0.717, 1.165) is 0 Å². The van der Waals surface area contributed by atoms with Gasteiger partial charge in [0.2, 0.25) is 5.91 Å². The zero-order chi connectivity index (χ0) is 17.0. The topological polar surface area (TPSA) is 78.8 Å². The third-order valence-electron chi connectivity index (χ3n) is 6.18. The largest absolute Gasteiger partial charge is 0.411 e. The predicted octanol–water partition coefficient (Wildman–Crippen LogP) is 3.50. The molecule has 0 radical (unpaired) electrons. The Labute approximate surface area is 139 Å². The normalized spacial score (nSPS) is 33.2. The van der Waals surface area contributed by atoms with Crippen molar-refractivity contribution in [1.82, 2.24) is 0 Å². The summed E-state index contributed by atoms with van der Waals surface area (Å²) in [7, 11) is 0. The van der Waals surface area contributed by atoms with Gasteiger partial charge in [0.15, 0.2) is 5.78 Å². The number of benzene rings is 1. The molecule has 0 aliphatic heterocycles. The van der Waals surface area contributed by atoms with Gasteiger partial charge >= 0.3 is 0 Å². The average molecular weight is 335 g/mol.